The van der Waals surface area contributed by atoms with Crippen LogP contribution in [0.4, 0.5) is 35.1 Å². The van der Waals surface area contributed by atoms with Gasteiger partial charge in [0.2, 0.25) is 0 Å². The van der Waals surface area contributed by atoms with Crippen molar-refractivity contribution in [2.45, 2.75) is 12.8 Å². The van der Waals surface area contributed by atoms with E-state index in [4.69, 9.17) is 9.47 Å². The number of halogens is 8. The van der Waals surface area contributed by atoms with Gasteiger partial charge in [-0.15, -0.1) is 0 Å². The third-order valence-corrected chi connectivity index (χ3v) is 5.66. The number of ether oxygens (including phenoxy) is 2. The molecule has 0 radical (unpaired) electrons. The Labute approximate surface area is 217 Å². The van der Waals surface area contributed by atoms with E-state index in [1.807, 2.05) is 0 Å². The second kappa shape index (κ2) is 11.2. The van der Waals surface area contributed by atoms with E-state index in [0.717, 1.165) is 23.8 Å². The molecule has 0 bridgehead atoms. The molecule has 4 aromatic carbocycles. The average molecular weight is 550 g/mol. The molecule has 39 heavy (non-hydrogen) atoms. The maximum Gasteiger partial charge on any atom is 0.409 e. The second-order valence-corrected chi connectivity index (χ2v) is 8.32. The average Bonchev–Trinajstić information content (AvgIpc) is 2.86. The number of hydrogen-bond acceptors (Lipinski definition) is 2. The molecule has 0 atom stereocenters. The third kappa shape index (κ3) is 6.57. The van der Waals surface area contributed by atoms with Crippen LogP contribution in [-0.2, 0) is 6.61 Å². The Morgan fingerprint density at radius 3 is 1.77 bits per heavy atom. The molecule has 202 valence electrons. The molecule has 10 heteroatoms. The van der Waals surface area contributed by atoms with Crippen molar-refractivity contribution < 1.29 is 44.6 Å². The molecule has 4 aromatic rings. The fraction of sp³-hybridized carbons (Fsp3) is 0.103. The van der Waals surface area contributed by atoms with Crippen molar-refractivity contribution in [2.24, 2.45) is 0 Å². The Balaban J connectivity index is 1.58. The largest absolute Gasteiger partial charge is 0.497 e. The quantitative estimate of drug-likeness (QED) is 0.214. The molecule has 0 saturated carbocycles. The van der Waals surface area contributed by atoms with Crippen LogP contribution >= 0.6 is 0 Å². The zero-order chi connectivity index (χ0) is 28.3. The van der Waals surface area contributed by atoms with E-state index in [-0.39, 0.29) is 35.6 Å². The van der Waals surface area contributed by atoms with Gasteiger partial charge in [-0.3, -0.25) is 0 Å². The summed E-state index contributed by atoms with van der Waals surface area (Å²) in [5.41, 5.74) is -2.01. The lowest BCUT2D eigenvalue weighted by Crippen LogP contribution is -2.01. The Morgan fingerprint density at radius 2 is 1.23 bits per heavy atom. The van der Waals surface area contributed by atoms with E-state index in [1.54, 1.807) is 24.3 Å². The van der Waals surface area contributed by atoms with Crippen LogP contribution in [0.3, 0.4) is 0 Å². The zero-order valence-corrected chi connectivity index (χ0v) is 20.1. The van der Waals surface area contributed by atoms with Crippen molar-refractivity contribution in [3.8, 4) is 33.8 Å². The number of alkyl halides is 3. The Morgan fingerprint density at radius 1 is 0.667 bits per heavy atom. The Bertz CT molecular complexity index is 1480. The number of methoxy groups -OCH3 is 1. The summed E-state index contributed by atoms with van der Waals surface area (Å²) in [5.74, 6) is -5.45. The number of allylic oxidation sites excluding steroid dienone is 1. The predicted molar refractivity (Wildman–Crippen MR) is 130 cm³/mol. The second-order valence-electron chi connectivity index (χ2n) is 8.32. The van der Waals surface area contributed by atoms with Gasteiger partial charge in [0, 0.05) is 23.3 Å². The van der Waals surface area contributed by atoms with Crippen LogP contribution < -0.4 is 9.47 Å². The molecule has 2 nitrogen and oxygen atoms in total. The van der Waals surface area contributed by atoms with Crippen molar-refractivity contribution in [1.82, 2.24) is 0 Å². The molecule has 0 saturated heterocycles. The molecule has 0 unspecified atom stereocenters. The van der Waals surface area contributed by atoms with Crippen LogP contribution in [0.1, 0.15) is 11.1 Å². The molecule has 0 aromatic heterocycles. The number of benzene rings is 4. The smallest absolute Gasteiger partial charge is 0.409 e. The van der Waals surface area contributed by atoms with Crippen LogP contribution in [0.2, 0.25) is 0 Å². The maximum atomic E-state index is 14.9. The van der Waals surface area contributed by atoms with Crippen LogP contribution in [0, 0.1) is 29.1 Å². The fourth-order valence-electron chi connectivity index (χ4n) is 3.78. The lowest BCUT2D eigenvalue weighted by Gasteiger charge is -2.12. The van der Waals surface area contributed by atoms with Gasteiger partial charge in [0.1, 0.15) is 47.2 Å². The third-order valence-electron chi connectivity index (χ3n) is 5.66. The van der Waals surface area contributed by atoms with Gasteiger partial charge in [0.25, 0.3) is 0 Å². The minimum atomic E-state index is -4.82. The SMILES string of the molecule is COc1ccc(COc2ccc(-c3cc(F)c(-c4cc(F)c(/C=C/C(F)(F)F)c(F)c4)c(F)c3)c(F)c2)cc1. The van der Waals surface area contributed by atoms with E-state index in [2.05, 4.69) is 0 Å². The van der Waals surface area contributed by atoms with E-state index in [0.29, 0.717) is 17.9 Å². The highest BCUT2D eigenvalue weighted by atomic mass is 19.4. The van der Waals surface area contributed by atoms with Crippen LogP contribution in [0.25, 0.3) is 28.3 Å². The molecule has 0 spiro atoms. The van der Waals surface area contributed by atoms with Gasteiger partial charge >= 0.3 is 6.18 Å². The first kappa shape index (κ1) is 27.7. The monoisotopic (exact) mass is 550 g/mol. The highest BCUT2D eigenvalue weighted by molar-refractivity contribution is 5.73. The summed E-state index contributed by atoms with van der Waals surface area (Å²) < 4.78 is 121. The first-order chi connectivity index (χ1) is 18.4. The maximum absolute atomic E-state index is 14.9. The van der Waals surface area contributed by atoms with Gasteiger partial charge in [-0.25, -0.2) is 22.0 Å². The van der Waals surface area contributed by atoms with Gasteiger partial charge in [-0.1, -0.05) is 12.1 Å². The molecular formula is C29H18F8O2. The summed E-state index contributed by atoms with van der Waals surface area (Å²) in [6.07, 6.45) is -5.01. The molecule has 0 aliphatic rings. The lowest BCUT2D eigenvalue weighted by atomic mass is 9.97. The molecule has 4 rings (SSSR count). The molecule has 0 N–H and O–H groups in total. The summed E-state index contributed by atoms with van der Waals surface area (Å²) in [6.45, 7) is 0.124. The van der Waals surface area contributed by atoms with E-state index in [9.17, 15) is 35.1 Å². The fourth-order valence-corrected chi connectivity index (χ4v) is 3.78. The highest BCUT2D eigenvalue weighted by Gasteiger charge is 2.24. The number of rotatable bonds is 7. The highest BCUT2D eigenvalue weighted by Crippen LogP contribution is 2.35. The first-order valence-electron chi connectivity index (χ1n) is 11.3. The zero-order valence-electron chi connectivity index (χ0n) is 20.1. The summed E-state index contributed by atoms with van der Waals surface area (Å²) in [6, 6.07) is 13.3. The predicted octanol–water partition coefficient (Wildman–Crippen LogP) is 8.88. The standard InChI is InChI=1S/C29H18F8O2/c1-38-19-4-2-16(3-5-19)15-39-20-6-7-21(25(32)14-20)17-10-26(33)28(27(34)11-17)18-12-23(30)22(24(31)13-18)8-9-29(35,36)37/h2-14H,15H2,1H3/b9-8+. The molecule has 0 amide bonds. The molecule has 0 aliphatic carbocycles. The van der Waals surface area contributed by atoms with Gasteiger partial charge in [0.05, 0.1) is 12.7 Å². The van der Waals surface area contributed by atoms with Crippen molar-refractivity contribution >= 4 is 6.08 Å². The van der Waals surface area contributed by atoms with Crippen LogP contribution in [-0.4, -0.2) is 13.3 Å². The summed E-state index contributed by atoms with van der Waals surface area (Å²) in [4.78, 5) is 0. The minimum Gasteiger partial charge on any atom is -0.497 e. The minimum absolute atomic E-state index is 0.124. The lowest BCUT2D eigenvalue weighted by molar-refractivity contribution is -0.0790. The normalized spacial score (nSPS) is 11.7. The number of hydrogen-bond donors (Lipinski definition) is 0. The summed E-state index contributed by atoms with van der Waals surface area (Å²) >= 11 is 0. The van der Waals surface area contributed by atoms with Gasteiger partial charge in [-0.05, 0) is 71.3 Å². The van der Waals surface area contributed by atoms with E-state index >= 15 is 0 Å². The van der Waals surface area contributed by atoms with Crippen molar-refractivity contribution in [2.75, 3.05) is 7.11 Å². The van der Waals surface area contributed by atoms with Gasteiger partial charge < -0.3 is 9.47 Å². The van der Waals surface area contributed by atoms with Crippen molar-refractivity contribution in [1.29, 1.82) is 0 Å². The van der Waals surface area contributed by atoms with Crippen molar-refractivity contribution in [3.05, 3.63) is 113 Å². The first-order valence-corrected chi connectivity index (χ1v) is 11.3. The van der Waals surface area contributed by atoms with E-state index in [1.165, 1.54) is 19.2 Å². The molecular weight excluding hydrogens is 532 g/mol. The molecule has 0 fully saturated rings. The summed E-state index contributed by atoms with van der Waals surface area (Å²) in [5, 5.41) is 0. The van der Waals surface area contributed by atoms with E-state index < -0.39 is 52.0 Å². The van der Waals surface area contributed by atoms with Gasteiger partial charge in [0.15, 0.2) is 0 Å². The topological polar surface area (TPSA) is 18.5 Å². The van der Waals surface area contributed by atoms with Crippen LogP contribution in [0.15, 0.2) is 72.8 Å². The van der Waals surface area contributed by atoms with Crippen molar-refractivity contribution in [3.63, 3.8) is 0 Å². The van der Waals surface area contributed by atoms with Crippen LogP contribution in [0.5, 0.6) is 11.5 Å². The van der Waals surface area contributed by atoms with Gasteiger partial charge in [-0.2, -0.15) is 13.2 Å². The molecule has 0 aliphatic heterocycles. The molecule has 0 heterocycles. The Hall–Kier alpha value is -4.34. The summed E-state index contributed by atoms with van der Waals surface area (Å²) in [7, 11) is 1.53. The Kier molecular flexibility index (Phi) is 7.94.